The van der Waals surface area contributed by atoms with Crippen LogP contribution in [0.2, 0.25) is 0 Å². The van der Waals surface area contributed by atoms with Gasteiger partial charge >= 0.3 is 0 Å². The number of anilines is 4. The zero-order valence-electron chi connectivity index (χ0n) is 60.5. The number of pyridine rings is 8. The first-order valence-corrected chi connectivity index (χ1v) is 38.8. The number of nitrogens with zero attached hydrogens (tertiary/aromatic N) is 10. The van der Waals surface area contributed by atoms with E-state index in [0.29, 0.717) is 84.7 Å². The van der Waals surface area contributed by atoms with Crippen LogP contribution in [0.25, 0.3) is 22.8 Å². The fraction of sp³-hybridized carbons (Fsp3) is 0.462. The Bertz CT molecular complexity index is 4660. The molecule has 8 aromatic rings. The third-order valence-electron chi connectivity index (χ3n) is 20.2. The minimum atomic E-state index is -4.36. The Balaban J connectivity index is 0.000000180. The van der Waals surface area contributed by atoms with Crippen LogP contribution < -0.4 is 34.6 Å². The molecule has 2 saturated heterocycles. The molecule has 6 aliphatic rings. The van der Waals surface area contributed by atoms with E-state index in [0.717, 1.165) is 79.3 Å². The van der Waals surface area contributed by atoms with Crippen LogP contribution in [0.3, 0.4) is 0 Å². The Kier molecular flexibility index (Phi) is 21.4. The third kappa shape index (κ3) is 18.1. The molecule has 22 nitrogen and oxygen atoms in total. The van der Waals surface area contributed by atoms with Crippen LogP contribution >= 0.6 is 0 Å². The van der Waals surface area contributed by atoms with Crippen LogP contribution in [0.15, 0.2) is 144 Å². The lowest BCUT2D eigenvalue weighted by molar-refractivity contribution is 0.0972. The van der Waals surface area contributed by atoms with Gasteiger partial charge in [-0.05, 0) is 216 Å². The van der Waals surface area contributed by atoms with E-state index in [1.54, 1.807) is 54.6 Å². The lowest BCUT2D eigenvalue weighted by Crippen LogP contribution is -2.41. The number of ether oxygens (including phenoxy) is 1. The summed E-state index contributed by atoms with van der Waals surface area (Å²) < 4.78 is 78.9. The topological polar surface area (TPSA) is 290 Å². The molecule has 103 heavy (non-hydrogen) atoms. The molecule has 0 unspecified atom stereocenters. The Morgan fingerprint density at radius 3 is 1.40 bits per heavy atom. The lowest BCUT2D eigenvalue weighted by Gasteiger charge is -2.34. The van der Waals surface area contributed by atoms with E-state index in [9.17, 15) is 30.8 Å². The number of aliphatic hydroxyl groups excluding tert-OH is 1. The van der Waals surface area contributed by atoms with Crippen LogP contribution in [-0.4, -0.2) is 111 Å². The summed E-state index contributed by atoms with van der Waals surface area (Å²) in [4.78, 5) is 68.7. The summed E-state index contributed by atoms with van der Waals surface area (Å²) in [5.74, 6) is 1.89. The molecule has 2 amide bonds. The van der Waals surface area contributed by atoms with Gasteiger partial charge in [0.15, 0.2) is 10.1 Å². The molecular weight excluding hydrogens is 1340 g/mol. The maximum Gasteiger partial charge on any atom is 0.281 e. The fourth-order valence-electron chi connectivity index (χ4n) is 14.1. The smallest absolute Gasteiger partial charge is 0.281 e. The first kappa shape index (κ1) is 73.7. The van der Waals surface area contributed by atoms with E-state index in [-0.39, 0.29) is 61.5 Å². The Morgan fingerprint density at radius 1 is 0.524 bits per heavy atom. The maximum atomic E-state index is 14.0. The minimum Gasteiger partial charge on any atom is -0.478 e. The monoisotopic (exact) mass is 1440 g/mol. The van der Waals surface area contributed by atoms with E-state index >= 15 is 0 Å². The number of rotatable bonds is 10. The van der Waals surface area contributed by atoms with E-state index in [1.807, 2.05) is 42.7 Å². The third-order valence-corrected chi connectivity index (χ3v) is 22.6. The average molecular weight is 1440 g/mol. The standard InChI is InChI=1S/C39H47N7O4S.C34H38FN7O3S.C5H10O/c1-38(2,3)27-18-20-40-32(22-27)31-16-14-26-23-39(4,5)46(24-26)36-28(37(47)45-51(48,49)35-11-7-9-33(41-31)44-35)15-17-30(43-36)29-8-6-10-34(42-29)50-21-19-25-12-13-25;1-33(2,3)22-16-17-36-27(18-22)26-14-12-21-19-34(4,5)42(20-21)31-23(13-15-25(39-31)24-8-6-9-28(35)37-24)32(43)41-46(44,45)30-11-7-10-29(38-26)40-30;6-4-3-5-1-2-5/h6-11,15,17-18,20,22,25-26,31H,12-14,16,19,21,23-24H2,1-5H3,(H,41,44)(H,45,47);6-11,13,15-18,21,26H,12,14,19-20H2,1-5H3,(H,38,40)(H,41,43);5-6H,1-4H2/t26-,31+;21-,26+;/m00./s1. The molecule has 0 spiro atoms. The largest absolute Gasteiger partial charge is 0.478 e. The Labute approximate surface area is 604 Å². The molecule has 5 N–H and O–H groups in total. The minimum absolute atomic E-state index is 0.0723. The van der Waals surface area contributed by atoms with Gasteiger partial charge in [-0.25, -0.2) is 39.3 Å². The lowest BCUT2D eigenvalue weighted by atomic mass is 9.86. The van der Waals surface area contributed by atoms with Crippen molar-refractivity contribution < 1.29 is 40.7 Å². The zero-order chi connectivity index (χ0) is 73.2. The second-order valence-corrected chi connectivity index (χ2v) is 34.7. The first-order chi connectivity index (χ1) is 48.9. The number of halogens is 1. The first-order valence-electron chi connectivity index (χ1n) is 35.8. The summed E-state index contributed by atoms with van der Waals surface area (Å²) in [5.41, 5.74) is 5.16. The predicted molar refractivity (Wildman–Crippen MR) is 396 cm³/mol. The van der Waals surface area contributed by atoms with Gasteiger partial charge in [-0.3, -0.25) is 19.6 Å². The maximum absolute atomic E-state index is 14.0. The highest BCUT2D eigenvalue weighted by atomic mass is 32.2. The van der Waals surface area contributed by atoms with E-state index in [2.05, 4.69) is 126 Å². The highest BCUT2D eigenvalue weighted by Crippen LogP contribution is 2.44. The van der Waals surface area contributed by atoms with Gasteiger partial charge in [0.1, 0.15) is 23.3 Å². The number of sulfonamides is 2. The number of carbonyl (C=O) groups excluding carboxylic acids is 2. The molecule has 4 fully saturated rings. The number of carbonyl (C=O) groups is 2. The van der Waals surface area contributed by atoms with Crippen molar-refractivity contribution in [3.8, 4) is 28.7 Å². The molecule has 0 aromatic carbocycles. The van der Waals surface area contributed by atoms with Crippen LogP contribution in [-0.2, 0) is 30.9 Å². The highest BCUT2D eigenvalue weighted by Gasteiger charge is 2.44. The van der Waals surface area contributed by atoms with E-state index in [1.165, 1.54) is 49.9 Å². The number of hydrogen-bond donors (Lipinski definition) is 5. The van der Waals surface area contributed by atoms with Crippen LogP contribution in [0.1, 0.15) is 202 Å². The summed E-state index contributed by atoms with van der Waals surface area (Å²) >= 11 is 0. The summed E-state index contributed by atoms with van der Waals surface area (Å²) in [5, 5.41) is 14.6. The number of nitrogens with one attached hydrogen (secondary N) is 4. The van der Waals surface area contributed by atoms with Crippen molar-refractivity contribution in [1.82, 2.24) is 49.3 Å². The molecule has 8 bridgehead atoms. The van der Waals surface area contributed by atoms with Gasteiger partial charge in [-0.1, -0.05) is 91.5 Å². The zero-order valence-corrected chi connectivity index (χ0v) is 62.1. The van der Waals surface area contributed by atoms with Crippen molar-refractivity contribution in [2.75, 3.05) is 46.7 Å². The number of aromatic nitrogens is 8. The van der Waals surface area contributed by atoms with Gasteiger partial charge in [0.2, 0.25) is 11.8 Å². The summed E-state index contributed by atoms with van der Waals surface area (Å²) in [7, 11) is -8.71. The molecule has 12 heterocycles. The van der Waals surface area contributed by atoms with Crippen molar-refractivity contribution in [1.29, 1.82) is 0 Å². The normalized spacial score (nSPS) is 21.2. The molecule has 8 aromatic heterocycles. The number of fused-ring (bicyclic) bond motifs is 12. The van der Waals surface area contributed by atoms with Crippen molar-refractivity contribution in [2.24, 2.45) is 23.7 Å². The van der Waals surface area contributed by atoms with Crippen LogP contribution in [0.4, 0.5) is 27.7 Å². The molecule has 4 aliphatic heterocycles. The molecule has 544 valence electrons. The van der Waals surface area contributed by atoms with Crippen molar-refractivity contribution in [3.63, 3.8) is 0 Å². The van der Waals surface area contributed by atoms with Gasteiger partial charge in [0.05, 0.1) is 64.0 Å². The van der Waals surface area contributed by atoms with Crippen molar-refractivity contribution >= 4 is 55.1 Å². The molecular formula is C78H95FN14O8S2. The van der Waals surface area contributed by atoms with Crippen LogP contribution in [0, 0.1) is 29.6 Å². The molecule has 4 atom stereocenters. The quantitative estimate of drug-likeness (QED) is 0.0795. The van der Waals surface area contributed by atoms with Gasteiger partial charge in [0, 0.05) is 49.2 Å². The molecule has 0 radical (unpaired) electrons. The number of hydrogen-bond acceptors (Lipinski definition) is 20. The Morgan fingerprint density at radius 2 is 0.961 bits per heavy atom. The van der Waals surface area contributed by atoms with Crippen molar-refractivity contribution in [3.05, 3.63) is 173 Å². The van der Waals surface area contributed by atoms with E-state index < -0.39 is 43.3 Å². The second-order valence-electron chi connectivity index (χ2n) is 31.4. The molecule has 2 aliphatic carbocycles. The summed E-state index contributed by atoms with van der Waals surface area (Å²) in [6.45, 7) is 23.7. The van der Waals surface area contributed by atoms with Gasteiger partial charge in [0.25, 0.3) is 31.9 Å². The number of amides is 2. The number of aliphatic hydroxyl groups is 1. The summed E-state index contributed by atoms with van der Waals surface area (Å²) in [6, 6.07) is 33.6. The van der Waals surface area contributed by atoms with Crippen LogP contribution in [0.5, 0.6) is 5.88 Å². The average Bonchev–Trinajstić information content (AvgIpc) is 1.67. The SMILES string of the molecule is CC(C)(C)c1ccnc([C@H]2CC[C@@H]3CN(c4nc(-c5cccc(F)n5)ccc4C(=O)NS(=O)(=O)c4cccc(n4)N2)C(C)(C)C3)c1.CC(C)(C)c1ccnc([C@H]2CC[C@@H]3CN(c4nc(-c5cccc(OCCC6CC6)n5)ccc4C(=O)NS(=O)(=O)c4cccc(n4)N2)C(C)(C)C3)c1.OCCC1CC1. The van der Waals surface area contributed by atoms with Gasteiger partial charge < -0.3 is 30.3 Å². The summed E-state index contributed by atoms with van der Waals surface area (Å²) in [6.07, 6.45) is 15.8. The van der Waals surface area contributed by atoms with Gasteiger partial charge in [-0.2, -0.15) is 21.2 Å². The highest BCUT2D eigenvalue weighted by molar-refractivity contribution is 7.90. The Hall–Kier alpha value is -9.07. The molecule has 2 saturated carbocycles. The second kappa shape index (κ2) is 30.0. The van der Waals surface area contributed by atoms with Crippen molar-refractivity contribution in [2.45, 2.75) is 190 Å². The molecule has 25 heteroatoms. The van der Waals surface area contributed by atoms with Gasteiger partial charge in [-0.15, -0.1) is 0 Å². The predicted octanol–water partition coefficient (Wildman–Crippen LogP) is 13.9. The molecule has 14 rings (SSSR count). The van der Waals surface area contributed by atoms with E-state index in [4.69, 9.17) is 34.8 Å². The fourth-order valence-corrected chi connectivity index (χ4v) is 15.9.